The first-order valence-electron chi connectivity index (χ1n) is 19.8. The second kappa shape index (κ2) is 20.7. The predicted octanol–water partition coefficient (Wildman–Crippen LogP) is 9.92. The van der Waals surface area contributed by atoms with Crippen LogP contribution in [0.5, 0.6) is 0 Å². The summed E-state index contributed by atoms with van der Waals surface area (Å²) >= 11 is 0. The molecule has 60 heavy (non-hydrogen) atoms. The lowest BCUT2D eigenvalue weighted by atomic mass is 9.95. The molecule has 4 N–H and O–H groups in total. The van der Waals surface area contributed by atoms with Gasteiger partial charge in [0.2, 0.25) is 0 Å². The molecule has 12 heteroatoms. The third kappa shape index (κ3) is 14.8. The molecule has 0 heterocycles. The maximum absolute atomic E-state index is 12.7. The summed E-state index contributed by atoms with van der Waals surface area (Å²) in [5.74, 6) is 0. The van der Waals surface area contributed by atoms with Gasteiger partial charge in [0.1, 0.15) is 24.4 Å². The number of rotatable bonds is 14. The van der Waals surface area contributed by atoms with Crippen LogP contribution in [-0.2, 0) is 58.3 Å². The van der Waals surface area contributed by atoms with E-state index >= 15 is 0 Å². The average Bonchev–Trinajstić information content (AvgIpc) is 3.21. The molecule has 0 bridgehead atoms. The first kappa shape index (κ1) is 44.3. The van der Waals surface area contributed by atoms with Crippen molar-refractivity contribution in [1.82, 2.24) is 21.3 Å². The van der Waals surface area contributed by atoms with Gasteiger partial charge in [0.05, 0.1) is 0 Å². The molecule has 0 aliphatic heterocycles. The van der Waals surface area contributed by atoms with Crippen molar-refractivity contribution in [3.8, 4) is 22.3 Å². The summed E-state index contributed by atoms with van der Waals surface area (Å²) in [6, 6.07) is 38.6. The third-order valence-corrected chi connectivity index (χ3v) is 8.88. The molecule has 0 aromatic heterocycles. The highest BCUT2D eigenvalue weighted by Gasteiger charge is 2.19. The third-order valence-electron chi connectivity index (χ3n) is 8.88. The molecule has 0 saturated heterocycles. The zero-order valence-corrected chi connectivity index (χ0v) is 35.1. The normalized spacial score (nSPS) is 11.2. The first-order chi connectivity index (χ1) is 28.6. The highest BCUT2D eigenvalue weighted by Crippen LogP contribution is 2.28. The number of hydrogen-bond donors (Lipinski definition) is 4. The zero-order valence-electron chi connectivity index (χ0n) is 35.1. The summed E-state index contributed by atoms with van der Waals surface area (Å²) in [4.78, 5) is 50.4. The number of carbonyl (C=O) groups is 4. The van der Waals surface area contributed by atoms with Crippen LogP contribution in [0.25, 0.3) is 22.3 Å². The molecule has 0 atom stereocenters. The Kier molecular flexibility index (Phi) is 15.3. The Morgan fingerprint density at radius 1 is 0.400 bits per heavy atom. The number of benzene rings is 5. The number of ether oxygens (including phenoxy) is 4. The second-order valence-electron chi connectivity index (χ2n) is 16.1. The number of hydrogen-bond acceptors (Lipinski definition) is 8. The molecule has 314 valence electrons. The van der Waals surface area contributed by atoms with Gasteiger partial charge in [0.15, 0.2) is 0 Å². The summed E-state index contributed by atoms with van der Waals surface area (Å²) < 4.78 is 21.7. The fourth-order valence-electron chi connectivity index (χ4n) is 5.99. The van der Waals surface area contributed by atoms with Crippen LogP contribution in [0.4, 0.5) is 19.2 Å². The van der Waals surface area contributed by atoms with Crippen LogP contribution in [0.3, 0.4) is 0 Å². The molecule has 0 aliphatic rings. The number of carbonyl (C=O) groups excluding carboxylic acids is 4. The van der Waals surface area contributed by atoms with Crippen LogP contribution in [0, 0.1) is 0 Å². The molecule has 0 aliphatic carbocycles. The Morgan fingerprint density at radius 2 is 0.717 bits per heavy atom. The van der Waals surface area contributed by atoms with Crippen molar-refractivity contribution in [2.45, 2.75) is 92.1 Å². The molecular formula is C48H54N4O8. The van der Waals surface area contributed by atoms with Gasteiger partial charge in [-0.05, 0) is 109 Å². The van der Waals surface area contributed by atoms with E-state index in [4.69, 9.17) is 18.9 Å². The Hall–Kier alpha value is -6.82. The number of amides is 4. The molecular weight excluding hydrogens is 761 g/mol. The topological polar surface area (TPSA) is 153 Å². The smallest absolute Gasteiger partial charge is 0.407 e. The van der Waals surface area contributed by atoms with Crippen LogP contribution < -0.4 is 21.3 Å². The Bertz CT molecular complexity index is 2210. The van der Waals surface area contributed by atoms with E-state index in [1.54, 1.807) is 41.5 Å². The van der Waals surface area contributed by atoms with E-state index in [1.165, 1.54) is 0 Å². The van der Waals surface area contributed by atoms with Gasteiger partial charge in [-0.15, -0.1) is 0 Å². The molecule has 5 rings (SSSR count). The van der Waals surface area contributed by atoms with E-state index in [9.17, 15) is 19.2 Å². The summed E-state index contributed by atoms with van der Waals surface area (Å²) in [5.41, 5.74) is 7.30. The highest BCUT2D eigenvalue weighted by molar-refractivity contribution is 5.73. The van der Waals surface area contributed by atoms with E-state index in [0.29, 0.717) is 0 Å². The summed E-state index contributed by atoms with van der Waals surface area (Å²) in [6.45, 7) is 11.8. The molecule has 12 nitrogen and oxygen atoms in total. The molecule has 5 aromatic carbocycles. The molecule has 0 saturated carbocycles. The monoisotopic (exact) mass is 814 g/mol. The minimum absolute atomic E-state index is 0.133. The van der Waals surface area contributed by atoms with Crippen LogP contribution in [0.1, 0.15) is 74.9 Å². The average molecular weight is 815 g/mol. The highest BCUT2D eigenvalue weighted by atomic mass is 16.6. The molecule has 5 aromatic rings. The van der Waals surface area contributed by atoms with Crippen LogP contribution >= 0.6 is 0 Å². The van der Waals surface area contributed by atoms with Crippen LogP contribution in [-0.4, -0.2) is 35.6 Å². The maximum atomic E-state index is 12.7. The van der Waals surface area contributed by atoms with Crippen LogP contribution in [0.15, 0.2) is 121 Å². The molecule has 0 unspecified atom stereocenters. The lowest BCUT2D eigenvalue weighted by Crippen LogP contribution is -2.33. The number of nitrogens with one attached hydrogen (secondary N) is 4. The van der Waals surface area contributed by atoms with Gasteiger partial charge >= 0.3 is 24.4 Å². The maximum Gasteiger partial charge on any atom is 0.407 e. The Labute approximate surface area is 352 Å². The minimum Gasteiger partial charge on any atom is -0.445 e. The summed E-state index contributed by atoms with van der Waals surface area (Å²) in [6.07, 6.45) is -2.22. The van der Waals surface area contributed by atoms with E-state index < -0.39 is 35.6 Å². The number of alkyl carbamates (subject to hydrolysis) is 4. The van der Waals surface area contributed by atoms with Crippen molar-refractivity contribution in [3.05, 3.63) is 155 Å². The molecule has 4 amide bonds. The SMILES string of the molecule is CC(C)(C)OC(=O)NCc1ccc(-c2ccc(-c3ccc(CNC(=O)OCc4ccccc4)c(CNC(=O)OCc4ccccc4)c3)cc2)cc1CNC(=O)OC(C)(C)C. The second-order valence-corrected chi connectivity index (χ2v) is 16.1. The van der Waals surface area contributed by atoms with Crippen molar-refractivity contribution in [2.75, 3.05) is 0 Å². The fourth-order valence-corrected chi connectivity index (χ4v) is 5.99. The van der Waals surface area contributed by atoms with Crippen LogP contribution in [0.2, 0.25) is 0 Å². The van der Waals surface area contributed by atoms with E-state index in [1.807, 2.05) is 121 Å². The van der Waals surface area contributed by atoms with E-state index in [2.05, 4.69) is 21.3 Å². The van der Waals surface area contributed by atoms with Gasteiger partial charge in [-0.1, -0.05) is 109 Å². The quantitative estimate of drug-likeness (QED) is 0.0809. The van der Waals surface area contributed by atoms with Crippen molar-refractivity contribution in [1.29, 1.82) is 0 Å². The lowest BCUT2D eigenvalue weighted by Gasteiger charge is -2.21. The summed E-state index contributed by atoms with van der Waals surface area (Å²) in [7, 11) is 0. The fraction of sp³-hybridized carbons (Fsp3) is 0.292. The minimum atomic E-state index is -0.658. The van der Waals surface area contributed by atoms with Crippen molar-refractivity contribution < 1.29 is 38.1 Å². The summed E-state index contributed by atoms with van der Waals surface area (Å²) in [5, 5.41) is 11.3. The molecule has 0 radical (unpaired) electrons. The van der Waals surface area contributed by atoms with Gasteiger partial charge in [-0.3, -0.25) is 0 Å². The predicted molar refractivity (Wildman–Crippen MR) is 230 cm³/mol. The van der Waals surface area contributed by atoms with E-state index in [0.717, 1.165) is 55.6 Å². The standard InChI is InChI=1S/C48H54N4O8/c1-47(2,3)59-45(55)51-28-40-24-22-38(26-42(40)30-52-46(56)60-48(4,5)6)36-19-17-35(18-20-36)37-21-23-39(27-49-43(53)57-31-33-13-9-7-10-14-33)41(25-37)29-50-44(54)58-32-34-15-11-8-12-16-34/h7-26H,27-32H2,1-6H3,(H,49,53)(H,50,54)(H,51,55)(H,52,56). The van der Waals surface area contributed by atoms with Gasteiger partial charge in [-0.2, -0.15) is 0 Å². The van der Waals surface area contributed by atoms with Gasteiger partial charge in [-0.25, -0.2) is 19.2 Å². The van der Waals surface area contributed by atoms with Crippen molar-refractivity contribution in [3.63, 3.8) is 0 Å². The molecule has 0 spiro atoms. The largest absolute Gasteiger partial charge is 0.445 e. The lowest BCUT2D eigenvalue weighted by molar-refractivity contribution is 0.0508. The molecule has 0 fully saturated rings. The van der Waals surface area contributed by atoms with Crippen molar-refractivity contribution >= 4 is 24.4 Å². The Morgan fingerprint density at radius 3 is 1.07 bits per heavy atom. The Balaban J connectivity index is 1.32. The first-order valence-corrected chi connectivity index (χ1v) is 19.8. The van der Waals surface area contributed by atoms with Gasteiger partial charge < -0.3 is 40.2 Å². The van der Waals surface area contributed by atoms with Gasteiger partial charge in [0, 0.05) is 26.2 Å². The zero-order chi connectivity index (χ0) is 43.1. The van der Waals surface area contributed by atoms with Crippen molar-refractivity contribution in [2.24, 2.45) is 0 Å². The van der Waals surface area contributed by atoms with Gasteiger partial charge in [0.25, 0.3) is 0 Å². The van der Waals surface area contributed by atoms with E-state index in [-0.39, 0.29) is 39.4 Å².